The average Bonchev–Trinajstić information content (AvgIpc) is 3.61. The van der Waals surface area contributed by atoms with Crippen molar-refractivity contribution in [2.45, 2.75) is 13.8 Å². The summed E-state index contributed by atoms with van der Waals surface area (Å²) < 4.78 is 0. The van der Waals surface area contributed by atoms with Gasteiger partial charge in [0.05, 0.1) is 0 Å². The molecule has 0 amide bonds. The van der Waals surface area contributed by atoms with Crippen molar-refractivity contribution in [3.05, 3.63) is 127 Å². The highest BCUT2D eigenvalue weighted by molar-refractivity contribution is 6.46. The Hall–Kier alpha value is -5.18. The Morgan fingerprint density at radius 3 is 1.33 bits per heavy atom. The smallest absolute Gasteiger partial charge is 0.0420 e. The van der Waals surface area contributed by atoms with Crippen LogP contribution < -0.4 is 10.6 Å². The highest BCUT2D eigenvalue weighted by atomic mass is 14.9. The molecule has 0 saturated heterocycles. The van der Waals surface area contributed by atoms with Gasteiger partial charge in [-0.15, -0.1) is 0 Å². The number of hydrogen-bond acceptors (Lipinski definition) is 2. The molecule has 0 aliphatic rings. The van der Waals surface area contributed by atoms with Crippen molar-refractivity contribution in [3.63, 3.8) is 0 Å². The number of anilines is 1. The second-order valence-electron chi connectivity index (χ2n) is 11.8. The maximum atomic E-state index is 3.62. The Bertz CT molecular complexity index is 2310. The van der Waals surface area contributed by atoms with Crippen LogP contribution in [-0.4, -0.2) is 20.1 Å². The lowest BCUT2D eigenvalue weighted by atomic mass is 9.87. The Labute approximate surface area is 264 Å². The van der Waals surface area contributed by atoms with Gasteiger partial charge in [0.1, 0.15) is 0 Å². The molecule has 0 aliphatic heterocycles. The summed E-state index contributed by atoms with van der Waals surface area (Å²) >= 11 is 0. The molecule has 45 heavy (non-hydrogen) atoms. The third kappa shape index (κ3) is 4.06. The van der Waals surface area contributed by atoms with Crippen LogP contribution >= 0.6 is 0 Å². The second kappa shape index (κ2) is 11.1. The Balaban J connectivity index is 0.000000712. The fourth-order valence-electron chi connectivity index (χ4n) is 7.54. The topological polar surface area (TPSA) is 24.1 Å². The molecule has 2 N–H and O–H groups in total. The Kier molecular flexibility index (Phi) is 6.73. The van der Waals surface area contributed by atoms with Gasteiger partial charge in [0.25, 0.3) is 0 Å². The first-order valence-corrected chi connectivity index (χ1v) is 16.1. The highest BCUT2D eigenvalue weighted by Gasteiger charge is 2.27. The van der Waals surface area contributed by atoms with Gasteiger partial charge in [-0.05, 0) is 108 Å². The van der Waals surface area contributed by atoms with E-state index in [-0.39, 0.29) is 0 Å². The van der Waals surface area contributed by atoms with Gasteiger partial charge in [-0.2, -0.15) is 0 Å². The van der Waals surface area contributed by atoms with E-state index in [0.29, 0.717) is 0 Å². The van der Waals surface area contributed by atoms with Crippen molar-refractivity contribution in [1.82, 2.24) is 5.32 Å². The zero-order chi connectivity index (χ0) is 30.5. The zero-order valence-electron chi connectivity index (χ0n) is 26.0. The molecule has 0 aliphatic carbocycles. The Morgan fingerprint density at radius 2 is 0.844 bits per heavy atom. The predicted molar refractivity (Wildman–Crippen MR) is 198 cm³/mol. The molecule has 0 radical (unpaired) electrons. The lowest BCUT2D eigenvalue weighted by molar-refractivity contribution is 0.864. The van der Waals surface area contributed by atoms with Crippen LogP contribution in [0.25, 0.3) is 86.9 Å². The molecule has 218 valence electrons. The first-order valence-electron chi connectivity index (χ1n) is 16.1. The molecule has 9 rings (SSSR count). The molecule has 0 fully saturated rings. The first kappa shape index (κ1) is 27.4. The minimum absolute atomic E-state index is 0.894. The zero-order valence-corrected chi connectivity index (χ0v) is 26.0. The molecule has 0 aromatic heterocycles. The predicted octanol–water partition coefficient (Wildman–Crippen LogP) is 11.5. The van der Waals surface area contributed by atoms with Crippen LogP contribution in [0.3, 0.4) is 0 Å². The van der Waals surface area contributed by atoms with Crippen LogP contribution in [0, 0.1) is 0 Å². The van der Waals surface area contributed by atoms with Gasteiger partial charge in [-0.25, -0.2) is 0 Å². The molecule has 9 aromatic carbocycles. The Morgan fingerprint density at radius 1 is 0.400 bits per heavy atom. The molecular weight excluding hydrogens is 544 g/mol. The minimum atomic E-state index is 0.894. The number of fused-ring (bicyclic) bond motifs is 6. The minimum Gasteiger partial charge on any atom is -0.385 e. The van der Waals surface area contributed by atoms with Gasteiger partial charge < -0.3 is 10.6 Å². The maximum Gasteiger partial charge on any atom is 0.0420 e. The van der Waals surface area contributed by atoms with Crippen molar-refractivity contribution in [2.75, 3.05) is 25.5 Å². The molecule has 0 atom stereocenters. The SMILES string of the molecule is CCNC.CCNc1ccc2c3c(-c4ccccc4)c4c5cccc6cccc(c4c(-c4ccccc4)c3c3cccc1c32)c65. The van der Waals surface area contributed by atoms with Crippen LogP contribution in [0.1, 0.15) is 13.8 Å². The largest absolute Gasteiger partial charge is 0.385 e. The summed E-state index contributed by atoms with van der Waals surface area (Å²) in [6, 6.07) is 47.2. The summed E-state index contributed by atoms with van der Waals surface area (Å²) in [5.41, 5.74) is 6.41. The van der Waals surface area contributed by atoms with Crippen molar-refractivity contribution < 1.29 is 0 Å². The van der Waals surface area contributed by atoms with E-state index < -0.39 is 0 Å². The molecule has 0 bridgehead atoms. The quantitative estimate of drug-likeness (QED) is 0.212. The lowest BCUT2D eigenvalue weighted by Crippen LogP contribution is -2.01. The van der Waals surface area contributed by atoms with Gasteiger partial charge in [-0.3, -0.25) is 0 Å². The normalized spacial score (nSPS) is 11.7. The van der Waals surface area contributed by atoms with Crippen LogP contribution in [0.5, 0.6) is 0 Å². The van der Waals surface area contributed by atoms with Crippen LogP contribution in [0.2, 0.25) is 0 Å². The van der Waals surface area contributed by atoms with Gasteiger partial charge in [-0.1, -0.05) is 128 Å². The lowest BCUT2D eigenvalue weighted by Gasteiger charge is -2.15. The summed E-state index contributed by atoms with van der Waals surface area (Å²) in [6.07, 6.45) is 0. The highest BCUT2D eigenvalue weighted by Crippen LogP contribution is 2.55. The molecule has 2 nitrogen and oxygen atoms in total. The fraction of sp³-hybridized carbons (Fsp3) is 0.116. The van der Waals surface area contributed by atoms with E-state index in [1.807, 2.05) is 7.05 Å². The second-order valence-corrected chi connectivity index (χ2v) is 11.8. The standard InChI is InChI=1S/C40H27N.C3H9N/c1-2-41-32-23-22-31-36-27(32)18-11-21-30(36)39-34(25-12-5-3-6-13-25)37-28-19-9-16-24-17-10-20-29(33(24)28)38(37)35(40(31)39)26-14-7-4-8-15-26;1-3-4-2/h3-23,41H,2H2,1H3;4H,3H2,1-2H3. The van der Waals surface area contributed by atoms with Crippen LogP contribution in [0.15, 0.2) is 127 Å². The average molecular weight is 581 g/mol. The summed E-state index contributed by atoms with van der Waals surface area (Å²) in [6.45, 7) is 6.20. The van der Waals surface area contributed by atoms with Crippen molar-refractivity contribution >= 4 is 70.3 Å². The van der Waals surface area contributed by atoms with E-state index >= 15 is 0 Å². The number of hydrogen-bond donors (Lipinski definition) is 2. The third-order valence-electron chi connectivity index (χ3n) is 9.37. The van der Waals surface area contributed by atoms with Gasteiger partial charge in [0, 0.05) is 17.6 Å². The van der Waals surface area contributed by atoms with E-state index in [1.165, 1.54) is 92.6 Å². The molecular formula is C43H36N2. The van der Waals surface area contributed by atoms with Crippen LogP contribution in [0.4, 0.5) is 5.69 Å². The van der Waals surface area contributed by atoms with Crippen molar-refractivity contribution in [2.24, 2.45) is 0 Å². The molecule has 0 spiro atoms. The summed E-state index contributed by atoms with van der Waals surface area (Å²) in [5, 5.41) is 22.6. The van der Waals surface area contributed by atoms with Crippen LogP contribution in [-0.2, 0) is 0 Å². The molecule has 0 heterocycles. The summed E-state index contributed by atoms with van der Waals surface area (Å²) in [5.74, 6) is 0. The van der Waals surface area contributed by atoms with Crippen molar-refractivity contribution in [1.29, 1.82) is 0 Å². The van der Waals surface area contributed by atoms with Gasteiger partial charge in [0.2, 0.25) is 0 Å². The van der Waals surface area contributed by atoms with E-state index in [4.69, 9.17) is 0 Å². The monoisotopic (exact) mass is 580 g/mol. The van der Waals surface area contributed by atoms with Crippen molar-refractivity contribution in [3.8, 4) is 22.3 Å². The fourth-order valence-corrected chi connectivity index (χ4v) is 7.54. The number of nitrogens with one attached hydrogen (secondary N) is 2. The summed E-state index contributed by atoms with van der Waals surface area (Å²) in [4.78, 5) is 0. The molecule has 0 saturated carbocycles. The third-order valence-corrected chi connectivity index (χ3v) is 9.37. The molecule has 2 heteroatoms. The number of benzene rings is 7. The van der Waals surface area contributed by atoms with E-state index in [2.05, 4.69) is 152 Å². The van der Waals surface area contributed by atoms with E-state index in [0.717, 1.165) is 13.1 Å². The molecule has 9 aromatic rings. The molecule has 0 unspecified atom stereocenters. The van der Waals surface area contributed by atoms with E-state index in [1.54, 1.807) is 0 Å². The van der Waals surface area contributed by atoms with E-state index in [9.17, 15) is 0 Å². The summed E-state index contributed by atoms with van der Waals surface area (Å²) in [7, 11) is 1.93. The number of rotatable bonds is 5. The maximum absolute atomic E-state index is 3.62. The first-order chi connectivity index (χ1) is 22.3. The van der Waals surface area contributed by atoms with Gasteiger partial charge >= 0.3 is 0 Å². The van der Waals surface area contributed by atoms with Gasteiger partial charge in [0.15, 0.2) is 0 Å².